The van der Waals surface area contributed by atoms with E-state index in [1.54, 1.807) is 0 Å². The molecule has 0 heterocycles. The lowest BCUT2D eigenvalue weighted by Gasteiger charge is -2.18. The highest BCUT2D eigenvalue weighted by molar-refractivity contribution is 7.46. The summed E-state index contributed by atoms with van der Waals surface area (Å²) < 4.78 is 26.2. The van der Waals surface area contributed by atoms with Gasteiger partial charge in [0.1, 0.15) is 6.61 Å². The minimum atomic E-state index is -4.74. The largest absolute Gasteiger partial charge is 0.469 e. The zero-order chi connectivity index (χ0) is 31.9. The van der Waals surface area contributed by atoms with E-state index in [4.69, 9.17) is 19.3 Å². The summed E-state index contributed by atoms with van der Waals surface area (Å²) in [6.07, 6.45) is 30.7. The summed E-state index contributed by atoms with van der Waals surface area (Å²) in [6, 6.07) is 0. The second kappa shape index (κ2) is 30.8. The van der Waals surface area contributed by atoms with Crippen LogP contribution in [0, 0.1) is 0 Å². The quantitative estimate of drug-likeness (QED) is 0.0325. The molecule has 2 N–H and O–H groups in total. The van der Waals surface area contributed by atoms with Gasteiger partial charge in [-0.15, -0.1) is 0 Å². The second-order valence-electron chi connectivity index (χ2n) is 11.8. The van der Waals surface area contributed by atoms with Crippen LogP contribution in [0.5, 0.6) is 0 Å². The average Bonchev–Trinajstić information content (AvgIpc) is 2.97. The van der Waals surface area contributed by atoms with Crippen molar-refractivity contribution in [2.24, 2.45) is 0 Å². The van der Waals surface area contributed by atoms with E-state index in [9.17, 15) is 14.2 Å². The molecule has 254 valence electrons. The lowest BCUT2D eigenvalue weighted by Crippen LogP contribution is -2.29. The molecule has 0 aromatic rings. The Labute approximate surface area is 263 Å². The molecule has 43 heavy (non-hydrogen) atoms. The molecule has 0 radical (unpaired) electrons. The Hall–Kier alpha value is -1.21. The number of esters is 2. The third-order valence-corrected chi connectivity index (χ3v) is 8.02. The first kappa shape index (κ1) is 41.8. The average molecular weight is 633 g/mol. The van der Waals surface area contributed by atoms with Gasteiger partial charge in [0.05, 0.1) is 6.61 Å². The Kier molecular flexibility index (Phi) is 29.9. The van der Waals surface area contributed by atoms with Crippen LogP contribution in [0.3, 0.4) is 0 Å². The van der Waals surface area contributed by atoms with Gasteiger partial charge >= 0.3 is 19.8 Å². The Bertz CT molecular complexity index is 721. The van der Waals surface area contributed by atoms with Gasteiger partial charge in [0.2, 0.25) is 0 Å². The molecule has 0 aliphatic rings. The molecule has 8 nitrogen and oxygen atoms in total. The smallest absolute Gasteiger partial charge is 0.462 e. The zero-order valence-electron chi connectivity index (χ0n) is 27.6. The maximum atomic E-state index is 12.3. The molecular formula is C34H65O8P. The van der Waals surface area contributed by atoms with Crippen LogP contribution in [-0.4, -0.2) is 41.0 Å². The summed E-state index contributed by atoms with van der Waals surface area (Å²) in [5.74, 6) is -0.891. The van der Waals surface area contributed by atoms with E-state index in [2.05, 4.69) is 30.5 Å². The third kappa shape index (κ3) is 33.5. The van der Waals surface area contributed by atoms with Gasteiger partial charge in [-0.3, -0.25) is 14.1 Å². The SMILES string of the molecule is CCCCC/C=C\CCCCCCCC(=O)O[C@H](COC(=O)CCCCCCCCCCCCCCC)COP(=O)(O)O. The van der Waals surface area contributed by atoms with Gasteiger partial charge in [-0.2, -0.15) is 0 Å². The van der Waals surface area contributed by atoms with Gasteiger partial charge in [0, 0.05) is 12.8 Å². The van der Waals surface area contributed by atoms with Crippen molar-refractivity contribution in [1.82, 2.24) is 0 Å². The van der Waals surface area contributed by atoms with Crippen LogP contribution in [0.25, 0.3) is 0 Å². The summed E-state index contributed by atoms with van der Waals surface area (Å²) in [5.41, 5.74) is 0. The fraction of sp³-hybridized carbons (Fsp3) is 0.882. The van der Waals surface area contributed by atoms with E-state index >= 15 is 0 Å². The lowest BCUT2D eigenvalue weighted by molar-refractivity contribution is -0.161. The summed E-state index contributed by atoms with van der Waals surface area (Å²) in [7, 11) is -4.74. The number of carbonyl (C=O) groups is 2. The van der Waals surface area contributed by atoms with Crippen molar-refractivity contribution in [3.63, 3.8) is 0 Å². The molecule has 0 aliphatic carbocycles. The molecule has 0 saturated carbocycles. The van der Waals surface area contributed by atoms with E-state index in [0.29, 0.717) is 6.42 Å². The molecule has 9 heteroatoms. The molecular weight excluding hydrogens is 567 g/mol. The van der Waals surface area contributed by atoms with Gasteiger partial charge in [-0.1, -0.05) is 135 Å². The number of phosphoric ester groups is 1. The number of ether oxygens (including phenoxy) is 2. The van der Waals surface area contributed by atoms with Gasteiger partial charge in [0.15, 0.2) is 6.10 Å². The van der Waals surface area contributed by atoms with E-state index in [1.165, 1.54) is 83.5 Å². The van der Waals surface area contributed by atoms with Crippen molar-refractivity contribution < 1.29 is 37.9 Å². The molecule has 0 bridgehead atoms. The Morgan fingerprint density at radius 3 is 1.47 bits per heavy atom. The number of carbonyl (C=O) groups excluding carboxylic acids is 2. The van der Waals surface area contributed by atoms with Gasteiger partial charge < -0.3 is 19.3 Å². The molecule has 1 atom stereocenters. The van der Waals surface area contributed by atoms with E-state index in [0.717, 1.165) is 57.8 Å². The number of allylic oxidation sites excluding steroid dienone is 2. The summed E-state index contributed by atoms with van der Waals surface area (Å²) in [5, 5.41) is 0. The fourth-order valence-electron chi connectivity index (χ4n) is 4.90. The van der Waals surface area contributed by atoms with E-state index in [1.807, 2.05) is 0 Å². The van der Waals surface area contributed by atoms with Crippen molar-refractivity contribution in [2.45, 2.75) is 180 Å². The van der Waals surface area contributed by atoms with Gasteiger partial charge in [-0.25, -0.2) is 4.57 Å². The first-order chi connectivity index (χ1) is 20.8. The first-order valence-corrected chi connectivity index (χ1v) is 19.0. The molecule has 0 unspecified atom stereocenters. The van der Waals surface area contributed by atoms with Crippen molar-refractivity contribution >= 4 is 19.8 Å². The van der Waals surface area contributed by atoms with Crippen LogP contribution in [-0.2, 0) is 28.2 Å². The van der Waals surface area contributed by atoms with Crippen molar-refractivity contribution in [3.05, 3.63) is 12.2 Å². The molecule has 0 aromatic carbocycles. The van der Waals surface area contributed by atoms with Crippen molar-refractivity contribution in [2.75, 3.05) is 13.2 Å². The molecule has 0 amide bonds. The monoisotopic (exact) mass is 632 g/mol. The highest BCUT2D eigenvalue weighted by Crippen LogP contribution is 2.36. The zero-order valence-corrected chi connectivity index (χ0v) is 28.5. The summed E-state index contributed by atoms with van der Waals surface area (Å²) >= 11 is 0. The van der Waals surface area contributed by atoms with Crippen molar-refractivity contribution in [1.29, 1.82) is 0 Å². The second-order valence-corrected chi connectivity index (χ2v) is 13.1. The van der Waals surface area contributed by atoms with E-state index in [-0.39, 0.29) is 19.4 Å². The molecule has 0 saturated heterocycles. The molecule has 0 spiro atoms. The predicted molar refractivity (Wildman–Crippen MR) is 175 cm³/mol. The van der Waals surface area contributed by atoms with Crippen LogP contribution in [0.4, 0.5) is 0 Å². The molecule has 0 fully saturated rings. The predicted octanol–water partition coefficient (Wildman–Crippen LogP) is 9.90. The molecule has 0 rings (SSSR count). The number of unbranched alkanes of at least 4 members (excludes halogenated alkanes) is 20. The van der Waals surface area contributed by atoms with Crippen LogP contribution in [0.1, 0.15) is 174 Å². The minimum absolute atomic E-state index is 0.205. The Morgan fingerprint density at radius 2 is 0.977 bits per heavy atom. The standard InChI is InChI=1S/C34H65O8P/c1-3-5-7-9-11-13-15-17-19-20-22-24-26-28-33(35)40-30-32(31-41-43(37,38)39)42-34(36)29-27-25-23-21-18-16-14-12-10-8-6-4-2/h12,14,32H,3-11,13,15-31H2,1-2H3,(H2,37,38,39)/b14-12-/t32-/m1/s1. The Morgan fingerprint density at radius 1 is 0.581 bits per heavy atom. The normalized spacial score (nSPS) is 12.6. The van der Waals surface area contributed by atoms with Crippen molar-refractivity contribution in [3.8, 4) is 0 Å². The number of hydrogen-bond acceptors (Lipinski definition) is 6. The van der Waals surface area contributed by atoms with Crippen LogP contribution in [0.15, 0.2) is 12.2 Å². The maximum Gasteiger partial charge on any atom is 0.469 e. The minimum Gasteiger partial charge on any atom is -0.462 e. The summed E-state index contributed by atoms with van der Waals surface area (Å²) in [4.78, 5) is 42.5. The first-order valence-electron chi connectivity index (χ1n) is 17.5. The maximum absolute atomic E-state index is 12.3. The van der Waals surface area contributed by atoms with Crippen LogP contribution < -0.4 is 0 Å². The molecule has 0 aliphatic heterocycles. The van der Waals surface area contributed by atoms with Crippen LogP contribution >= 0.6 is 7.82 Å². The number of hydrogen-bond donors (Lipinski definition) is 2. The van der Waals surface area contributed by atoms with Gasteiger partial charge in [0.25, 0.3) is 0 Å². The topological polar surface area (TPSA) is 119 Å². The number of phosphoric acid groups is 1. The lowest BCUT2D eigenvalue weighted by atomic mass is 10.0. The van der Waals surface area contributed by atoms with Crippen LogP contribution in [0.2, 0.25) is 0 Å². The highest BCUT2D eigenvalue weighted by Gasteiger charge is 2.22. The fourth-order valence-corrected chi connectivity index (χ4v) is 5.26. The van der Waals surface area contributed by atoms with E-state index < -0.39 is 32.5 Å². The third-order valence-electron chi connectivity index (χ3n) is 7.53. The summed E-state index contributed by atoms with van der Waals surface area (Å²) in [6.45, 7) is 3.64. The Balaban J connectivity index is 3.99. The highest BCUT2D eigenvalue weighted by atomic mass is 31.2. The van der Waals surface area contributed by atoms with Gasteiger partial charge in [-0.05, 0) is 38.5 Å². The number of rotatable bonds is 32. The molecule has 0 aromatic heterocycles.